The van der Waals surface area contributed by atoms with Crippen LogP contribution in [0.1, 0.15) is 32.1 Å². The van der Waals surface area contributed by atoms with E-state index >= 15 is 0 Å². The first-order valence-corrected chi connectivity index (χ1v) is 6.95. The summed E-state index contributed by atoms with van der Waals surface area (Å²) in [6.45, 7) is 0. The monoisotopic (exact) mass is 291 g/mol. The van der Waals surface area contributed by atoms with Crippen molar-refractivity contribution in [2.75, 3.05) is 5.32 Å². The molecule has 0 unspecified atom stereocenters. The van der Waals surface area contributed by atoms with Crippen LogP contribution < -0.4 is 11.1 Å². The Balaban J connectivity index is 1.81. The first-order valence-electron chi connectivity index (χ1n) is 6.13. The minimum absolute atomic E-state index is 0.109. The zero-order chi connectivity index (χ0) is 14.1. The number of hydrogen-bond donors (Lipinski definition) is 4. The van der Waals surface area contributed by atoms with Crippen LogP contribution in [-0.2, 0) is 12.8 Å². The van der Waals surface area contributed by atoms with E-state index in [1.54, 1.807) is 0 Å². The maximum absolute atomic E-state index is 12.2. The molecule has 1 aliphatic rings. The van der Waals surface area contributed by atoms with Gasteiger partial charge >= 0.3 is 0 Å². The molecule has 0 bridgehead atoms. The number of anilines is 1. The average Bonchev–Trinajstić information content (AvgIpc) is 3.11. The van der Waals surface area contributed by atoms with Crippen LogP contribution in [-0.4, -0.2) is 27.1 Å². The van der Waals surface area contributed by atoms with Gasteiger partial charge in [0.05, 0.1) is 16.6 Å². The average molecular weight is 291 g/mol. The lowest BCUT2D eigenvalue weighted by Crippen LogP contribution is -2.17. The van der Waals surface area contributed by atoms with Crippen molar-refractivity contribution < 1.29 is 10.0 Å². The minimum atomic E-state index is -0.222. The number of carbonyl (C=O) groups is 1. The Morgan fingerprint density at radius 3 is 3.15 bits per heavy atom. The molecular formula is C12H13N5O2S. The van der Waals surface area contributed by atoms with Crippen molar-refractivity contribution in [3.05, 3.63) is 33.1 Å². The maximum Gasteiger partial charge on any atom is 0.266 e. The topological polar surface area (TPSA) is 116 Å². The van der Waals surface area contributed by atoms with E-state index < -0.39 is 0 Å². The normalized spacial score (nSPS) is 14.3. The van der Waals surface area contributed by atoms with Gasteiger partial charge in [0.1, 0.15) is 5.82 Å². The van der Waals surface area contributed by atoms with Gasteiger partial charge in [0, 0.05) is 4.88 Å². The molecule has 0 saturated carbocycles. The Morgan fingerprint density at radius 2 is 2.40 bits per heavy atom. The highest BCUT2D eigenvalue weighted by atomic mass is 32.1. The number of aromatic nitrogens is 2. The number of oxime groups is 1. The third-order valence-electron chi connectivity index (χ3n) is 3.23. The Kier molecular flexibility index (Phi) is 3.15. The van der Waals surface area contributed by atoms with Crippen molar-refractivity contribution in [2.24, 2.45) is 10.9 Å². The van der Waals surface area contributed by atoms with Gasteiger partial charge in [-0.05, 0) is 30.9 Å². The number of rotatable bonds is 3. The molecule has 8 heteroatoms. The van der Waals surface area contributed by atoms with E-state index in [0.29, 0.717) is 16.3 Å². The molecule has 0 atom stereocenters. The van der Waals surface area contributed by atoms with Crippen LogP contribution in [0.5, 0.6) is 0 Å². The van der Waals surface area contributed by atoms with Crippen LogP contribution in [0.25, 0.3) is 0 Å². The van der Waals surface area contributed by atoms with Gasteiger partial charge in [-0.15, -0.1) is 11.3 Å². The summed E-state index contributed by atoms with van der Waals surface area (Å²) in [6.07, 6.45) is 4.64. The largest absolute Gasteiger partial charge is 0.409 e. The van der Waals surface area contributed by atoms with Crippen molar-refractivity contribution in [1.29, 1.82) is 0 Å². The molecule has 5 N–H and O–H groups in total. The fourth-order valence-electron chi connectivity index (χ4n) is 2.25. The Bertz CT molecular complexity index is 666. The molecule has 20 heavy (non-hydrogen) atoms. The Morgan fingerprint density at radius 1 is 1.55 bits per heavy atom. The lowest BCUT2D eigenvalue weighted by molar-refractivity contribution is 0.103. The fourth-order valence-corrected chi connectivity index (χ4v) is 3.39. The lowest BCUT2D eigenvalue weighted by atomic mass is 10.2. The molecule has 1 aliphatic carbocycles. The second-order valence-electron chi connectivity index (χ2n) is 4.51. The number of hydrogen-bond acceptors (Lipinski definition) is 5. The molecule has 2 heterocycles. The highest BCUT2D eigenvalue weighted by Gasteiger charge is 2.20. The van der Waals surface area contributed by atoms with E-state index in [4.69, 9.17) is 10.9 Å². The second-order valence-corrected chi connectivity index (χ2v) is 5.65. The summed E-state index contributed by atoms with van der Waals surface area (Å²) in [4.78, 5) is 14.1. The number of amidine groups is 1. The van der Waals surface area contributed by atoms with E-state index in [-0.39, 0.29) is 11.7 Å². The maximum atomic E-state index is 12.2. The van der Waals surface area contributed by atoms with Gasteiger partial charge < -0.3 is 16.3 Å². The number of aryl methyl sites for hydroxylation is 2. The number of H-pyrrole nitrogens is 1. The highest BCUT2D eigenvalue weighted by molar-refractivity contribution is 7.14. The van der Waals surface area contributed by atoms with Gasteiger partial charge in [-0.25, -0.2) is 0 Å². The van der Waals surface area contributed by atoms with Gasteiger partial charge in [-0.1, -0.05) is 5.16 Å². The number of fused-ring (bicyclic) bond motifs is 1. The van der Waals surface area contributed by atoms with Crippen molar-refractivity contribution >= 4 is 28.9 Å². The fraction of sp³-hybridized carbons (Fsp3) is 0.250. The standard InChI is InChI=1S/C12H13N5O2S/c13-10(17-19)7-5-14-16-11(7)15-12(18)9-4-6-2-1-3-8(6)20-9/h4-5,19H,1-3H2,(H2,13,17)(H2,14,15,16,18). The SMILES string of the molecule is NC(=NO)c1cn[nH]c1NC(=O)c1cc2c(s1)CCC2. The molecular weight excluding hydrogens is 278 g/mol. The van der Waals surface area contributed by atoms with Crippen LogP contribution in [0.15, 0.2) is 17.4 Å². The zero-order valence-corrected chi connectivity index (χ0v) is 11.3. The Labute approximate surface area is 118 Å². The smallest absolute Gasteiger partial charge is 0.266 e. The summed E-state index contributed by atoms with van der Waals surface area (Å²) in [5.41, 5.74) is 7.12. The number of amides is 1. The van der Waals surface area contributed by atoms with Gasteiger partial charge in [0.15, 0.2) is 5.84 Å². The third-order valence-corrected chi connectivity index (χ3v) is 4.47. The molecule has 0 saturated heterocycles. The van der Waals surface area contributed by atoms with Crippen LogP contribution >= 0.6 is 11.3 Å². The van der Waals surface area contributed by atoms with Crippen LogP contribution in [0, 0.1) is 0 Å². The lowest BCUT2D eigenvalue weighted by Gasteiger charge is -2.03. The molecule has 0 aromatic carbocycles. The number of nitrogens with one attached hydrogen (secondary N) is 2. The first kappa shape index (κ1) is 12.7. The molecule has 104 valence electrons. The molecule has 1 amide bonds. The zero-order valence-electron chi connectivity index (χ0n) is 10.5. The molecule has 7 nitrogen and oxygen atoms in total. The molecule has 0 aliphatic heterocycles. The number of aromatic amines is 1. The van der Waals surface area contributed by atoms with E-state index in [9.17, 15) is 4.79 Å². The molecule has 3 rings (SSSR count). The van der Waals surface area contributed by atoms with E-state index in [1.165, 1.54) is 28.0 Å². The van der Waals surface area contributed by atoms with Crippen molar-refractivity contribution in [2.45, 2.75) is 19.3 Å². The highest BCUT2D eigenvalue weighted by Crippen LogP contribution is 2.31. The molecule has 2 aromatic rings. The first-order chi connectivity index (χ1) is 9.69. The predicted octanol–water partition coefficient (Wildman–Crippen LogP) is 1.31. The summed E-state index contributed by atoms with van der Waals surface area (Å²) >= 11 is 1.51. The van der Waals surface area contributed by atoms with Crippen LogP contribution in [0.4, 0.5) is 5.82 Å². The van der Waals surface area contributed by atoms with E-state index in [2.05, 4.69) is 20.7 Å². The molecule has 0 spiro atoms. The minimum Gasteiger partial charge on any atom is -0.409 e. The van der Waals surface area contributed by atoms with Crippen molar-refractivity contribution in [3.8, 4) is 0 Å². The van der Waals surface area contributed by atoms with Gasteiger partial charge in [-0.3, -0.25) is 9.89 Å². The summed E-state index contributed by atoms with van der Waals surface area (Å²) in [7, 11) is 0. The molecule has 2 aromatic heterocycles. The van der Waals surface area contributed by atoms with E-state index in [0.717, 1.165) is 19.3 Å². The number of nitrogens with zero attached hydrogens (tertiary/aromatic N) is 2. The van der Waals surface area contributed by atoms with Crippen molar-refractivity contribution in [3.63, 3.8) is 0 Å². The molecule has 0 radical (unpaired) electrons. The molecule has 0 fully saturated rings. The van der Waals surface area contributed by atoms with Gasteiger partial charge in [0.25, 0.3) is 5.91 Å². The Hall–Kier alpha value is -2.35. The number of nitrogens with two attached hydrogens (primary N) is 1. The summed E-state index contributed by atoms with van der Waals surface area (Å²) in [6, 6.07) is 1.93. The summed E-state index contributed by atoms with van der Waals surface area (Å²) in [5, 5.41) is 20.7. The second kappa shape index (κ2) is 4.97. The van der Waals surface area contributed by atoms with Crippen LogP contribution in [0.2, 0.25) is 0 Å². The van der Waals surface area contributed by atoms with Gasteiger partial charge in [0.2, 0.25) is 0 Å². The third kappa shape index (κ3) is 2.14. The quantitative estimate of drug-likeness (QED) is 0.295. The number of carbonyl (C=O) groups excluding carboxylic acids is 1. The van der Waals surface area contributed by atoms with Gasteiger partial charge in [-0.2, -0.15) is 5.10 Å². The van der Waals surface area contributed by atoms with E-state index in [1.807, 2.05) is 6.07 Å². The summed E-state index contributed by atoms with van der Waals surface area (Å²) < 4.78 is 0. The predicted molar refractivity (Wildman–Crippen MR) is 75.4 cm³/mol. The van der Waals surface area contributed by atoms with Crippen LogP contribution in [0.3, 0.4) is 0 Å². The number of thiophene rings is 1. The van der Waals surface area contributed by atoms with Crippen molar-refractivity contribution in [1.82, 2.24) is 10.2 Å². The summed E-state index contributed by atoms with van der Waals surface area (Å²) in [5.74, 6) is -0.0118.